The minimum atomic E-state index is -4.50. The van der Waals surface area contributed by atoms with E-state index in [-0.39, 0.29) is 17.9 Å². The van der Waals surface area contributed by atoms with Crippen molar-refractivity contribution in [2.75, 3.05) is 11.9 Å². The summed E-state index contributed by atoms with van der Waals surface area (Å²) in [5.74, 6) is -0.153. The molecule has 9 heteroatoms. The van der Waals surface area contributed by atoms with Gasteiger partial charge in [0.2, 0.25) is 5.91 Å². The molecule has 0 aliphatic carbocycles. The Bertz CT molecular complexity index is 999. The number of para-hydroxylation sites is 1. The van der Waals surface area contributed by atoms with Gasteiger partial charge in [0.25, 0.3) is 0 Å². The number of rotatable bonds is 3. The highest BCUT2D eigenvalue weighted by molar-refractivity contribution is 6.02. The summed E-state index contributed by atoms with van der Waals surface area (Å²) in [5, 5.41) is 2.57. The number of likely N-dealkylation sites (N-methyl/N-ethyl adjacent to an activating group) is 1. The molecular formula is C22H23F3N2O4. The lowest BCUT2D eigenvalue weighted by molar-refractivity contribution is -0.137. The SMILES string of the molecule is CN1C(=O)C(NC(=O)OC(C)(C)C)Cc2cccc(Oc3cccc(C(F)(F)F)c3)c21. The maximum Gasteiger partial charge on any atom is 0.416 e. The fraction of sp³-hybridized carbons (Fsp3) is 0.364. The summed E-state index contributed by atoms with van der Waals surface area (Å²) in [4.78, 5) is 26.2. The zero-order valence-electron chi connectivity index (χ0n) is 17.5. The number of nitrogens with one attached hydrogen (secondary N) is 1. The summed E-state index contributed by atoms with van der Waals surface area (Å²) >= 11 is 0. The number of carbonyl (C=O) groups excluding carboxylic acids is 2. The van der Waals surface area contributed by atoms with E-state index in [1.54, 1.807) is 39.0 Å². The molecule has 0 saturated heterocycles. The van der Waals surface area contributed by atoms with Crippen LogP contribution in [0.25, 0.3) is 0 Å². The van der Waals surface area contributed by atoms with Crippen LogP contribution >= 0.6 is 0 Å². The zero-order chi connectivity index (χ0) is 23.0. The van der Waals surface area contributed by atoms with E-state index in [2.05, 4.69) is 5.32 Å². The molecule has 0 saturated carbocycles. The summed E-state index contributed by atoms with van der Waals surface area (Å²) in [6.07, 6.45) is -5.01. The van der Waals surface area contributed by atoms with Crippen LogP contribution < -0.4 is 15.0 Å². The van der Waals surface area contributed by atoms with E-state index in [1.165, 1.54) is 24.1 Å². The lowest BCUT2D eigenvalue weighted by Gasteiger charge is -2.33. The second kappa shape index (κ2) is 8.13. The van der Waals surface area contributed by atoms with Gasteiger partial charge in [0.15, 0.2) is 5.75 Å². The van der Waals surface area contributed by atoms with Crippen LogP contribution in [-0.4, -0.2) is 30.7 Å². The van der Waals surface area contributed by atoms with E-state index in [0.29, 0.717) is 11.3 Å². The highest BCUT2D eigenvalue weighted by atomic mass is 19.4. The van der Waals surface area contributed by atoms with Gasteiger partial charge in [-0.1, -0.05) is 18.2 Å². The zero-order valence-corrected chi connectivity index (χ0v) is 17.5. The van der Waals surface area contributed by atoms with Crippen molar-refractivity contribution < 1.29 is 32.2 Å². The van der Waals surface area contributed by atoms with Gasteiger partial charge in [-0.2, -0.15) is 13.2 Å². The van der Waals surface area contributed by atoms with Gasteiger partial charge in [0.05, 0.1) is 11.3 Å². The molecule has 1 heterocycles. The highest BCUT2D eigenvalue weighted by Crippen LogP contribution is 2.39. The first-order valence-electron chi connectivity index (χ1n) is 9.59. The first-order chi connectivity index (χ1) is 14.3. The van der Waals surface area contributed by atoms with Crippen LogP contribution in [-0.2, 0) is 22.1 Å². The number of anilines is 1. The van der Waals surface area contributed by atoms with Gasteiger partial charge >= 0.3 is 12.3 Å². The summed E-state index contributed by atoms with van der Waals surface area (Å²) in [6.45, 7) is 5.15. The van der Waals surface area contributed by atoms with Crippen molar-refractivity contribution >= 4 is 17.7 Å². The van der Waals surface area contributed by atoms with Crippen molar-refractivity contribution in [1.29, 1.82) is 0 Å². The third-order valence-electron chi connectivity index (χ3n) is 4.55. The number of alkyl halides is 3. The number of benzene rings is 2. The molecule has 0 fully saturated rings. The Morgan fingerprint density at radius 1 is 1.13 bits per heavy atom. The van der Waals surface area contributed by atoms with Gasteiger partial charge in [0.1, 0.15) is 17.4 Å². The van der Waals surface area contributed by atoms with E-state index in [0.717, 1.165) is 12.1 Å². The predicted octanol–water partition coefficient (Wildman–Crippen LogP) is 4.91. The van der Waals surface area contributed by atoms with Crippen LogP contribution in [0.2, 0.25) is 0 Å². The quantitative estimate of drug-likeness (QED) is 0.743. The van der Waals surface area contributed by atoms with Crippen LogP contribution in [0.4, 0.5) is 23.7 Å². The largest absolute Gasteiger partial charge is 0.455 e. The first kappa shape index (κ1) is 22.5. The Balaban J connectivity index is 1.85. The van der Waals surface area contributed by atoms with Crippen LogP contribution in [0.3, 0.4) is 0 Å². The number of halogens is 3. The van der Waals surface area contributed by atoms with Gasteiger partial charge in [-0.3, -0.25) is 4.79 Å². The Morgan fingerprint density at radius 3 is 2.45 bits per heavy atom. The Hall–Kier alpha value is -3.23. The molecule has 166 valence electrons. The maximum atomic E-state index is 13.0. The first-order valence-corrected chi connectivity index (χ1v) is 9.59. The lowest BCUT2D eigenvalue weighted by atomic mass is 9.97. The fourth-order valence-electron chi connectivity index (χ4n) is 3.27. The average molecular weight is 436 g/mol. The number of amides is 2. The predicted molar refractivity (Wildman–Crippen MR) is 108 cm³/mol. The van der Waals surface area contributed by atoms with E-state index in [9.17, 15) is 22.8 Å². The lowest BCUT2D eigenvalue weighted by Crippen LogP contribution is -2.52. The summed E-state index contributed by atoms with van der Waals surface area (Å²) < 4.78 is 49.9. The number of nitrogens with zero attached hydrogens (tertiary/aromatic N) is 1. The number of fused-ring (bicyclic) bond motifs is 1. The van der Waals surface area contributed by atoms with E-state index in [4.69, 9.17) is 9.47 Å². The molecule has 31 heavy (non-hydrogen) atoms. The Kier molecular flexibility index (Phi) is 5.89. The number of alkyl carbamates (subject to hydrolysis) is 1. The minimum Gasteiger partial charge on any atom is -0.455 e. The van der Waals surface area contributed by atoms with Gasteiger partial charge in [-0.05, 0) is 50.6 Å². The van der Waals surface area contributed by atoms with Crippen molar-refractivity contribution in [2.45, 2.75) is 45.0 Å². The van der Waals surface area contributed by atoms with Gasteiger partial charge in [-0.15, -0.1) is 0 Å². The molecule has 1 aliphatic rings. The van der Waals surface area contributed by atoms with Crippen molar-refractivity contribution in [3.05, 3.63) is 53.6 Å². The Morgan fingerprint density at radius 2 is 1.81 bits per heavy atom. The number of ether oxygens (including phenoxy) is 2. The second-order valence-electron chi connectivity index (χ2n) is 8.19. The Labute approximate surface area is 177 Å². The van der Waals surface area contributed by atoms with Crippen LogP contribution in [0.15, 0.2) is 42.5 Å². The average Bonchev–Trinajstić information content (AvgIpc) is 2.64. The molecule has 0 aromatic heterocycles. The molecule has 1 unspecified atom stereocenters. The summed E-state index contributed by atoms with van der Waals surface area (Å²) in [7, 11) is 1.52. The molecule has 0 bridgehead atoms. The second-order valence-corrected chi connectivity index (χ2v) is 8.19. The molecule has 1 atom stereocenters. The minimum absolute atomic E-state index is 0.00178. The molecule has 1 aliphatic heterocycles. The molecule has 1 N–H and O–H groups in total. The van der Waals surface area contributed by atoms with E-state index >= 15 is 0 Å². The highest BCUT2D eigenvalue weighted by Gasteiger charge is 2.35. The molecule has 2 aromatic carbocycles. The van der Waals surface area contributed by atoms with Crippen LogP contribution in [0, 0.1) is 0 Å². The number of carbonyl (C=O) groups is 2. The van der Waals surface area contributed by atoms with Crippen LogP contribution in [0.1, 0.15) is 31.9 Å². The van der Waals surface area contributed by atoms with Crippen LogP contribution in [0.5, 0.6) is 11.5 Å². The number of hydrogen-bond acceptors (Lipinski definition) is 4. The standard InChI is InChI=1S/C22H23F3N2O4/c1-21(2,3)31-20(29)26-16-11-13-7-5-10-17(18(13)27(4)19(16)28)30-15-9-6-8-14(12-15)22(23,24)25/h5-10,12,16H,11H2,1-4H3,(H,26,29). The molecule has 6 nitrogen and oxygen atoms in total. The molecule has 2 amide bonds. The summed E-state index contributed by atoms with van der Waals surface area (Å²) in [5.41, 5.74) is -0.405. The van der Waals surface area contributed by atoms with Crippen molar-refractivity contribution in [3.8, 4) is 11.5 Å². The van der Waals surface area contributed by atoms with Gasteiger partial charge < -0.3 is 19.7 Å². The van der Waals surface area contributed by atoms with Gasteiger partial charge in [0, 0.05) is 13.5 Å². The van der Waals surface area contributed by atoms with Gasteiger partial charge in [-0.25, -0.2) is 4.79 Å². The van der Waals surface area contributed by atoms with Crippen molar-refractivity contribution in [1.82, 2.24) is 5.32 Å². The summed E-state index contributed by atoms with van der Waals surface area (Å²) in [6, 6.07) is 8.69. The van der Waals surface area contributed by atoms with E-state index in [1.807, 2.05) is 0 Å². The monoisotopic (exact) mass is 436 g/mol. The fourth-order valence-corrected chi connectivity index (χ4v) is 3.27. The van der Waals surface area contributed by atoms with E-state index < -0.39 is 35.4 Å². The smallest absolute Gasteiger partial charge is 0.416 e. The normalized spacial score (nSPS) is 16.5. The maximum absolute atomic E-state index is 13.0. The molecular weight excluding hydrogens is 413 g/mol. The third-order valence-corrected chi connectivity index (χ3v) is 4.55. The third kappa shape index (κ3) is 5.28. The van der Waals surface area contributed by atoms with Crippen molar-refractivity contribution in [2.24, 2.45) is 0 Å². The molecule has 0 spiro atoms. The molecule has 0 radical (unpaired) electrons. The topological polar surface area (TPSA) is 67.9 Å². The number of hydrogen-bond donors (Lipinski definition) is 1. The molecule has 2 aromatic rings. The van der Waals surface area contributed by atoms with Crippen molar-refractivity contribution in [3.63, 3.8) is 0 Å². The molecule has 3 rings (SSSR count).